The lowest BCUT2D eigenvalue weighted by Crippen LogP contribution is -2.58. The second-order valence-corrected chi connectivity index (χ2v) is 8.50. The van der Waals surface area contributed by atoms with Crippen LogP contribution in [0.15, 0.2) is 42.5 Å². The smallest absolute Gasteiger partial charge is 0.223 e. The number of aliphatic hydroxyl groups is 1. The first-order valence-electron chi connectivity index (χ1n) is 11.4. The van der Waals surface area contributed by atoms with Crippen LogP contribution in [0.2, 0.25) is 0 Å². The van der Waals surface area contributed by atoms with Gasteiger partial charge in [0.1, 0.15) is 30.9 Å². The summed E-state index contributed by atoms with van der Waals surface area (Å²) in [6.07, 6.45) is 1.93. The lowest BCUT2D eigenvalue weighted by molar-refractivity contribution is -0.00717. The summed E-state index contributed by atoms with van der Waals surface area (Å²) in [7, 11) is 1.59. The van der Waals surface area contributed by atoms with E-state index in [1.807, 2.05) is 0 Å². The standard InChI is InChI=1S/C25H32N2O6/c1-25(33-20-8-6-19(30-2)7-9-20,26-23(28)11-14-27-12-3-4-13-27)24(29)18-5-10-21-22(17-18)32-16-15-31-21/h5-10,17,23,26,28H,3-4,11-16H2,1-2H3. The number of nitrogens with one attached hydrogen (secondary N) is 1. The molecule has 1 saturated heterocycles. The van der Waals surface area contributed by atoms with E-state index >= 15 is 0 Å². The number of benzene rings is 2. The summed E-state index contributed by atoms with van der Waals surface area (Å²) in [6, 6.07) is 12.0. The number of carbonyl (C=O) groups is 1. The largest absolute Gasteiger partial charge is 0.497 e. The average Bonchev–Trinajstić information content (AvgIpc) is 3.36. The maximum absolute atomic E-state index is 13.6. The first-order chi connectivity index (χ1) is 16.0. The van der Waals surface area contributed by atoms with Gasteiger partial charge in [-0.15, -0.1) is 0 Å². The molecule has 8 nitrogen and oxygen atoms in total. The van der Waals surface area contributed by atoms with Crippen LogP contribution < -0.4 is 24.3 Å². The molecule has 2 heterocycles. The lowest BCUT2D eigenvalue weighted by atomic mass is 10.0. The monoisotopic (exact) mass is 456 g/mol. The first kappa shape index (κ1) is 23.4. The van der Waals surface area contributed by atoms with E-state index in [0.717, 1.165) is 19.6 Å². The topological polar surface area (TPSA) is 89.5 Å². The Kier molecular flexibility index (Phi) is 7.37. The zero-order valence-corrected chi connectivity index (χ0v) is 19.2. The molecule has 4 rings (SSSR count). The number of likely N-dealkylation sites (tertiary alicyclic amines) is 1. The van der Waals surface area contributed by atoms with E-state index < -0.39 is 12.0 Å². The van der Waals surface area contributed by atoms with Crippen LogP contribution in [0.4, 0.5) is 0 Å². The highest BCUT2D eigenvalue weighted by Gasteiger charge is 2.39. The summed E-state index contributed by atoms with van der Waals surface area (Å²) >= 11 is 0. The number of carbonyl (C=O) groups excluding carboxylic acids is 1. The van der Waals surface area contributed by atoms with Gasteiger partial charge in [-0.05, 0) is 81.7 Å². The molecule has 2 aromatic carbocycles. The van der Waals surface area contributed by atoms with Gasteiger partial charge in [-0.1, -0.05) is 0 Å². The van der Waals surface area contributed by atoms with Gasteiger partial charge >= 0.3 is 0 Å². The van der Waals surface area contributed by atoms with Crippen molar-refractivity contribution in [3.63, 3.8) is 0 Å². The molecule has 0 bridgehead atoms. The minimum absolute atomic E-state index is 0.324. The van der Waals surface area contributed by atoms with Crippen molar-refractivity contribution in [1.29, 1.82) is 0 Å². The highest BCUT2D eigenvalue weighted by Crippen LogP contribution is 2.32. The second kappa shape index (κ2) is 10.4. The fraction of sp³-hybridized carbons (Fsp3) is 0.480. The number of hydrogen-bond acceptors (Lipinski definition) is 8. The zero-order valence-electron chi connectivity index (χ0n) is 19.2. The average molecular weight is 457 g/mol. The van der Waals surface area contributed by atoms with Crippen molar-refractivity contribution in [1.82, 2.24) is 10.2 Å². The van der Waals surface area contributed by atoms with Crippen LogP contribution in [0.3, 0.4) is 0 Å². The molecule has 1 fully saturated rings. The molecule has 0 aliphatic carbocycles. The number of fused-ring (bicyclic) bond motifs is 1. The Labute approximate surface area is 194 Å². The van der Waals surface area contributed by atoms with Gasteiger partial charge in [0.15, 0.2) is 11.5 Å². The molecular formula is C25H32N2O6. The molecule has 0 aromatic heterocycles. The quantitative estimate of drug-likeness (QED) is 0.417. The fourth-order valence-corrected chi connectivity index (χ4v) is 4.18. The molecule has 0 radical (unpaired) electrons. The van der Waals surface area contributed by atoms with Gasteiger partial charge in [0, 0.05) is 12.1 Å². The summed E-state index contributed by atoms with van der Waals surface area (Å²) in [5, 5.41) is 13.8. The molecule has 2 unspecified atom stereocenters. The zero-order chi connectivity index (χ0) is 23.3. The summed E-state index contributed by atoms with van der Waals surface area (Å²) in [6.45, 7) is 5.38. The van der Waals surface area contributed by atoms with Crippen molar-refractivity contribution in [2.24, 2.45) is 0 Å². The molecular weight excluding hydrogens is 424 g/mol. The number of aliphatic hydroxyl groups excluding tert-OH is 1. The molecule has 2 atom stereocenters. The minimum atomic E-state index is -1.51. The maximum atomic E-state index is 13.6. The molecule has 2 aliphatic rings. The van der Waals surface area contributed by atoms with E-state index in [2.05, 4.69) is 10.2 Å². The number of ketones is 1. The number of rotatable bonds is 10. The van der Waals surface area contributed by atoms with Crippen LogP contribution >= 0.6 is 0 Å². The molecule has 0 saturated carbocycles. The van der Waals surface area contributed by atoms with Gasteiger partial charge < -0.3 is 29.0 Å². The van der Waals surface area contributed by atoms with Crippen LogP contribution in [0.25, 0.3) is 0 Å². The molecule has 0 amide bonds. The second-order valence-electron chi connectivity index (χ2n) is 8.50. The third-order valence-electron chi connectivity index (χ3n) is 5.98. The molecule has 33 heavy (non-hydrogen) atoms. The predicted molar refractivity (Wildman–Crippen MR) is 123 cm³/mol. The Bertz CT molecular complexity index is 944. The van der Waals surface area contributed by atoms with Crippen molar-refractivity contribution >= 4 is 5.78 Å². The summed E-state index contributed by atoms with van der Waals surface area (Å²) in [5.74, 6) is 1.96. The Morgan fingerprint density at radius 3 is 2.45 bits per heavy atom. The molecule has 2 aliphatic heterocycles. The third-order valence-corrected chi connectivity index (χ3v) is 5.98. The van der Waals surface area contributed by atoms with E-state index in [1.165, 1.54) is 12.8 Å². The molecule has 0 spiro atoms. The summed E-state index contributed by atoms with van der Waals surface area (Å²) in [5.41, 5.74) is -1.11. The first-order valence-corrected chi connectivity index (χ1v) is 11.4. The van der Waals surface area contributed by atoms with E-state index in [4.69, 9.17) is 18.9 Å². The van der Waals surface area contributed by atoms with Crippen molar-refractivity contribution < 1.29 is 28.8 Å². The van der Waals surface area contributed by atoms with E-state index in [0.29, 0.717) is 48.2 Å². The summed E-state index contributed by atoms with van der Waals surface area (Å²) in [4.78, 5) is 16.0. The van der Waals surface area contributed by atoms with Crippen LogP contribution in [0.1, 0.15) is 36.5 Å². The number of Topliss-reactive ketones (excluding diaryl/α,β-unsaturated/α-hetero) is 1. The van der Waals surface area contributed by atoms with E-state index in [1.54, 1.807) is 56.5 Å². The van der Waals surface area contributed by atoms with Crippen molar-refractivity contribution in [3.8, 4) is 23.0 Å². The van der Waals surface area contributed by atoms with Gasteiger partial charge in [0.05, 0.1) is 7.11 Å². The maximum Gasteiger partial charge on any atom is 0.223 e. The van der Waals surface area contributed by atoms with Gasteiger partial charge in [-0.3, -0.25) is 4.79 Å². The molecule has 2 aromatic rings. The Morgan fingerprint density at radius 2 is 1.76 bits per heavy atom. The molecule has 178 valence electrons. The third kappa shape index (κ3) is 5.76. The molecule has 2 N–H and O–H groups in total. The highest BCUT2D eigenvalue weighted by atomic mass is 16.6. The summed E-state index contributed by atoms with van der Waals surface area (Å²) < 4.78 is 22.6. The number of methoxy groups -OCH3 is 1. The fourth-order valence-electron chi connectivity index (χ4n) is 4.18. The van der Waals surface area contributed by atoms with Crippen molar-refractivity contribution in [3.05, 3.63) is 48.0 Å². The lowest BCUT2D eigenvalue weighted by Gasteiger charge is -2.33. The van der Waals surface area contributed by atoms with Gasteiger partial charge in [-0.2, -0.15) is 0 Å². The highest BCUT2D eigenvalue weighted by molar-refractivity contribution is 6.02. The van der Waals surface area contributed by atoms with Crippen molar-refractivity contribution in [2.75, 3.05) is 40.0 Å². The number of ether oxygens (including phenoxy) is 4. The van der Waals surface area contributed by atoms with Gasteiger partial charge in [-0.25, -0.2) is 5.32 Å². The number of nitrogens with zero attached hydrogens (tertiary/aromatic N) is 1. The van der Waals surface area contributed by atoms with Crippen molar-refractivity contribution in [2.45, 2.75) is 38.1 Å². The molecule has 8 heteroatoms. The van der Waals surface area contributed by atoms with E-state index in [9.17, 15) is 9.90 Å². The van der Waals surface area contributed by atoms with Crippen LogP contribution in [-0.4, -0.2) is 67.7 Å². The van der Waals surface area contributed by atoms with Crippen LogP contribution in [0, 0.1) is 0 Å². The van der Waals surface area contributed by atoms with E-state index in [-0.39, 0.29) is 5.78 Å². The van der Waals surface area contributed by atoms with Gasteiger partial charge in [0.25, 0.3) is 0 Å². The van der Waals surface area contributed by atoms with Crippen LogP contribution in [-0.2, 0) is 0 Å². The number of hydrogen-bond donors (Lipinski definition) is 2. The Morgan fingerprint density at radius 1 is 1.09 bits per heavy atom. The van der Waals surface area contributed by atoms with Gasteiger partial charge in [0.2, 0.25) is 11.5 Å². The normalized spacial score (nSPS) is 18.4. The Hall–Kier alpha value is -2.81. The Balaban J connectivity index is 1.54. The predicted octanol–water partition coefficient (Wildman–Crippen LogP) is 2.84. The van der Waals surface area contributed by atoms with Crippen LogP contribution in [0.5, 0.6) is 23.0 Å². The minimum Gasteiger partial charge on any atom is -0.497 e. The SMILES string of the molecule is COc1ccc(OC(C)(NC(O)CCN2CCCC2)C(=O)c2ccc3c(c2)OCCO3)cc1.